The molecule has 1 aliphatic heterocycles. The van der Waals surface area contributed by atoms with Crippen LogP contribution in [0, 0.1) is 0 Å². The fraction of sp³-hybridized carbons (Fsp3) is 0.562. The van der Waals surface area contributed by atoms with E-state index in [9.17, 15) is 4.79 Å². The molecule has 1 unspecified atom stereocenters. The third-order valence-electron chi connectivity index (χ3n) is 3.74. The van der Waals surface area contributed by atoms with Gasteiger partial charge in [-0.2, -0.15) is 0 Å². The third kappa shape index (κ3) is 3.81. The first-order chi connectivity index (χ1) is 9.72. The van der Waals surface area contributed by atoms with E-state index >= 15 is 0 Å². The van der Waals surface area contributed by atoms with Crippen molar-refractivity contribution >= 4 is 5.91 Å². The predicted molar refractivity (Wildman–Crippen MR) is 80.0 cm³/mol. The minimum Gasteiger partial charge on any atom is -0.376 e. The lowest BCUT2D eigenvalue weighted by Gasteiger charge is -2.22. The SMILES string of the molecule is CNCCc1ccccc1C(=O)N(C)CC1CCCO1. The molecular formula is C16H24N2O2. The topological polar surface area (TPSA) is 41.6 Å². The molecule has 4 heteroatoms. The Hall–Kier alpha value is -1.39. The van der Waals surface area contributed by atoms with Crippen LogP contribution >= 0.6 is 0 Å². The first-order valence-electron chi connectivity index (χ1n) is 7.32. The maximum Gasteiger partial charge on any atom is 0.253 e. The second-order valence-electron chi connectivity index (χ2n) is 5.33. The molecule has 1 heterocycles. The van der Waals surface area contributed by atoms with Crippen LogP contribution in [-0.4, -0.2) is 50.7 Å². The standard InChI is InChI=1S/C16H24N2O2/c1-17-10-9-13-6-3-4-8-15(13)16(19)18(2)12-14-7-5-11-20-14/h3-4,6,8,14,17H,5,7,9-12H2,1-2H3. The van der Waals surface area contributed by atoms with Gasteiger partial charge in [0.15, 0.2) is 0 Å². The molecule has 1 N–H and O–H groups in total. The molecular weight excluding hydrogens is 252 g/mol. The first-order valence-corrected chi connectivity index (χ1v) is 7.32. The van der Waals surface area contributed by atoms with Crippen LogP contribution in [-0.2, 0) is 11.2 Å². The van der Waals surface area contributed by atoms with E-state index in [4.69, 9.17) is 4.74 Å². The highest BCUT2D eigenvalue weighted by molar-refractivity contribution is 5.95. The van der Waals surface area contributed by atoms with Gasteiger partial charge in [0.2, 0.25) is 0 Å². The number of carbonyl (C=O) groups is 1. The predicted octanol–water partition coefficient (Wildman–Crippen LogP) is 1.70. The molecule has 1 aromatic carbocycles. The molecule has 0 aromatic heterocycles. The van der Waals surface area contributed by atoms with Gasteiger partial charge in [-0.3, -0.25) is 4.79 Å². The Morgan fingerprint density at radius 2 is 2.25 bits per heavy atom. The number of amides is 1. The lowest BCUT2D eigenvalue weighted by molar-refractivity contribution is 0.0586. The lowest BCUT2D eigenvalue weighted by atomic mass is 10.0. The van der Waals surface area contributed by atoms with Crippen LogP contribution in [0.1, 0.15) is 28.8 Å². The smallest absolute Gasteiger partial charge is 0.253 e. The van der Waals surface area contributed by atoms with E-state index < -0.39 is 0 Å². The van der Waals surface area contributed by atoms with Gasteiger partial charge in [0.1, 0.15) is 0 Å². The summed E-state index contributed by atoms with van der Waals surface area (Å²) >= 11 is 0. The molecule has 1 atom stereocenters. The highest BCUT2D eigenvalue weighted by atomic mass is 16.5. The van der Waals surface area contributed by atoms with E-state index in [1.54, 1.807) is 4.90 Å². The Kier molecular flexibility index (Phi) is 5.56. The molecule has 1 saturated heterocycles. The van der Waals surface area contributed by atoms with Crippen LogP contribution in [0.2, 0.25) is 0 Å². The normalized spacial score (nSPS) is 18.2. The van der Waals surface area contributed by atoms with Gasteiger partial charge < -0.3 is 15.0 Å². The number of hydrogen-bond acceptors (Lipinski definition) is 3. The Morgan fingerprint density at radius 1 is 1.45 bits per heavy atom. The van der Waals surface area contributed by atoms with Gasteiger partial charge in [0.05, 0.1) is 6.10 Å². The molecule has 0 bridgehead atoms. The van der Waals surface area contributed by atoms with Crippen LogP contribution < -0.4 is 5.32 Å². The molecule has 20 heavy (non-hydrogen) atoms. The summed E-state index contributed by atoms with van der Waals surface area (Å²) in [5.74, 6) is 0.0900. The van der Waals surface area contributed by atoms with Crippen molar-refractivity contribution in [2.24, 2.45) is 0 Å². The van der Waals surface area contributed by atoms with Gasteiger partial charge in [0.25, 0.3) is 5.91 Å². The van der Waals surface area contributed by atoms with Crippen molar-refractivity contribution in [2.75, 3.05) is 33.8 Å². The van der Waals surface area contributed by atoms with E-state index in [1.807, 2.05) is 38.4 Å². The zero-order valence-electron chi connectivity index (χ0n) is 12.4. The summed E-state index contributed by atoms with van der Waals surface area (Å²) in [5.41, 5.74) is 1.91. The monoisotopic (exact) mass is 276 g/mol. The second-order valence-corrected chi connectivity index (χ2v) is 5.33. The number of nitrogens with one attached hydrogen (secondary N) is 1. The summed E-state index contributed by atoms with van der Waals surface area (Å²) in [6.07, 6.45) is 3.23. The molecule has 1 amide bonds. The van der Waals surface area contributed by atoms with Crippen LogP contribution in [0.15, 0.2) is 24.3 Å². The van der Waals surface area contributed by atoms with Crippen LogP contribution in [0.5, 0.6) is 0 Å². The van der Waals surface area contributed by atoms with Gasteiger partial charge in [-0.1, -0.05) is 18.2 Å². The Bertz CT molecular complexity index is 442. The Morgan fingerprint density at radius 3 is 2.95 bits per heavy atom. The zero-order chi connectivity index (χ0) is 14.4. The van der Waals surface area contributed by atoms with Crippen molar-refractivity contribution in [2.45, 2.75) is 25.4 Å². The number of benzene rings is 1. The average molecular weight is 276 g/mol. The lowest BCUT2D eigenvalue weighted by Crippen LogP contribution is -2.34. The van der Waals surface area contributed by atoms with E-state index in [0.717, 1.165) is 43.5 Å². The summed E-state index contributed by atoms with van der Waals surface area (Å²) in [4.78, 5) is 14.4. The number of rotatable bonds is 6. The fourth-order valence-corrected chi connectivity index (χ4v) is 2.59. The maximum atomic E-state index is 12.6. The van der Waals surface area contributed by atoms with Gasteiger partial charge in [-0.05, 0) is 44.5 Å². The van der Waals surface area contributed by atoms with Crippen molar-refractivity contribution in [1.82, 2.24) is 10.2 Å². The molecule has 1 fully saturated rings. The van der Waals surface area contributed by atoms with E-state index in [-0.39, 0.29) is 12.0 Å². The highest BCUT2D eigenvalue weighted by Gasteiger charge is 2.21. The molecule has 2 rings (SSSR count). The minimum absolute atomic E-state index is 0.0900. The molecule has 0 saturated carbocycles. The summed E-state index contributed by atoms with van der Waals surface area (Å²) in [7, 11) is 3.78. The number of likely N-dealkylation sites (N-methyl/N-ethyl adjacent to an activating group) is 2. The molecule has 4 nitrogen and oxygen atoms in total. The fourth-order valence-electron chi connectivity index (χ4n) is 2.59. The number of ether oxygens (including phenoxy) is 1. The quantitative estimate of drug-likeness (QED) is 0.860. The highest BCUT2D eigenvalue weighted by Crippen LogP contribution is 2.16. The minimum atomic E-state index is 0.0900. The average Bonchev–Trinajstić information content (AvgIpc) is 2.97. The summed E-state index contributed by atoms with van der Waals surface area (Å²) in [6, 6.07) is 7.86. The Balaban J connectivity index is 2.03. The molecule has 1 aromatic rings. The van der Waals surface area contributed by atoms with Crippen molar-refractivity contribution in [3.8, 4) is 0 Å². The summed E-state index contributed by atoms with van der Waals surface area (Å²) in [6.45, 7) is 2.38. The maximum absolute atomic E-state index is 12.6. The van der Waals surface area contributed by atoms with Crippen LogP contribution in [0.25, 0.3) is 0 Å². The van der Waals surface area contributed by atoms with Crippen molar-refractivity contribution < 1.29 is 9.53 Å². The largest absolute Gasteiger partial charge is 0.376 e. The number of hydrogen-bond donors (Lipinski definition) is 1. The van der Waals surface area contributed by atoms with E-state index in [2.05, 4.69) is 5.32 Å². The first kappa shape index (κ1) is 15.0. The second kappa shape index (κ2) is 7.41. The van der Waals surface area contributed by atoms with Gasteiger partial charge in [-0.15, -0.1) is 0 Å². The van der Waals surface area contributed by atoms with Crippen molar-refractivity contribution in [1.29, 1.82) is 0 Å². The van der Waals surface area contributed by atoms with Gasteiger partial charge in [0, 0.05) is 25.8 Å². The zero-order valence-corrected chi connectivity index (χ0v) is 12.4. The van der Waals surface area contributed by atoms with E-state index in [0.29, 0.717) is 6.54 Å². The van der Waals surface area contributed by atoms with Gasteiger partial charge >= 0.3 is 0 Å². The summed E-state index contributed by atoms with van der Waals surface area (Å²) < 4.78 is 5.60. The van der Waals surface area contributed by atoms with Gasteiger partial charge in [-0.25, -0.2) is 0 Å². The number of carbonyl (C=O) groups excluding carboxylic acids is 1. The van der Waals surface area contributed by atoms with E-state index in [1.165, 1.54) is 0 Å². The third-order valence-corrected chi connectivity index (χ3v) is 3.74. The van der Waals surface area contributed by atoms with Crippen LogP contribution in [0.3, 0.4) is 0 Å². The number of nitrogens with zero attached hydrogens (tertiary/aromatic N) is 1. The molecule has 0 aliphatic carbocycles. The van der Waals surface area contributed by atoms with Crippen molar-refractivity contribution in [3.05, 3.63) is 35.4 Å². The molecule has 0 spiro atoms. The Labute approximate surface area is 121 Å². The molecule has 1 aliphatic rings. The summed E-state index contributed by atoms with van der Waals surface area (Å²) in [5, 5.41) is 3.13. The van der Waals surface area contributed by atoms with Crippen LogP contribution in [0.4, 0.5) is 0 Å². The van der Waals surface area contributed by atoms with Crippen molar-refractivity contribution in [3.63, 3.8) is 0 Å². The molecule has 0 radical (unpaired) electrons. The molecule has 110 valence electrons.